The van der Waals surface area contributed by atoms with Gasteiger partial charge in [-0.1, -0.05) is 40.3 Å². The molecule has 2 rings (SSSR count). The summed E-state index contributed by atoms with van der Waals surface area (Å²) in [6.45, 7) is 3.69. The first-order valence-corrected chi connectivity index (χ1v) is 6.96. The number of rotatable bonds is 2. The van der Waals surface area contributed by atoms with Gasteiger partial charge in [0.1, 0.15) is 0 Å². The molecule has 1 saturated heterocycles. The number of alkyl halides is 1. The Morgan fingerprint density at radius 3 is 3.00 bits per heavy atom. The summed E-state index contributed by atoms with van der Waals surface area (Å²) in [7, 11) is 0. The minimum atomic E-state index is 0.0289. The molecule has 4 heteroatoms. The van der Waals surface area contributed by atoms with Crippen molar-refractivity contribution >= 4 is 34.3 Å². The van der Waals surface area contributed by atoms with Crippen LogP contribution in [0.5, 0.6) is 0 Å². The quantitative estimate of drug-likeness (QED) is 0.656. The highest BCUT2D eigenvalue weighted by atomic mass is 127. The zero-order valence-electron chi connectivity index (χ0n) is 9.29. The molecule has 1 aromatic rings. The third kappa shape index (κ3) is 2.31. The molecule has 86 valence electrons. The minimum Gasteiger partial charge on any atom is -0.338 e. The van der Waals surface area contributed by atoms with Crippen molar-refractivity contribution in [3.8, 4) is 0 Å². The Kier molecular flexibility index (Phi) is 3.68. The van der Waals surface area contributed by atoms with Crippen molar-refractivity contribution in [2.45, 2.75) is 17.8 Å². The number of hydrogen-bond donors (Lipinski definition) is 1. The number of anilines is 1. The number of carbonyl (C=O) groups excluding carboxylic acids is 1. The molecule has 1 aromatic carbocycles. The third-order valence-corrected chi connectivity index (χ3v) is 3.57. The Labute approximate surface area is 109 Å². The van der Waals surface area contributed by atoms with Crippen molar-refractivity contribution in [1.82, 2.24) is 5.32 Å². The maximum absolute atomic E-state index is 11.8. The first kappa shape index (κ1) is 11.7. The summed E-state index contributed by atoms with van der Waals surface area (Å²) in [5.74, 6) is 0. The van der Waals surface area contributed by atoms with Crippen LogP contribution in [0.15, 0.2) is 18.2 Å². The molecule has 1 aliphatic heterocycles. The molecule has 0 aliphatic carbocycles. The van der Waals surface area contributed by atoms with Gasteiger partial charge in [-0.15, -0.1) is 0 Å². The number of nitrogens with zero attached hydrogens (tertiary/aromatic N) is 1. The molecule has 1 fully saturated rings. The van der Waals surface area contributed by atoms with Gasteiger partial charge < -0.3 is 5.32 Å². The molecule has 0 unspecified atom stereocenters. The van der Waals surface area contributed by atoms with Crippen LogP contribution in [0.25, 0.3) is 0 Å². The molecular weight excluding hydrogens is 315 g/mol. The summed E-state index contributed by atoms with van der Waals surface area (Å²) in [6, 6.07) is 6.30. The molecule has 1 N–H and O–H groups in total. The average Bonchev–Trinajstić information content (AvgIpc) is 2.30. The van der Waals surface area contributed by atoms with Gasteiger partial charge in [-0.25, -0.2) is 4.79 Å². The number of nitrogens with one attached hydrogen (secondary N) is 1. The van der Waals surface area contributed by atoms with Crippen molar-refractivity contribution < 1.29 is 4.79 Å². The van der Waals surface area contributed by atoms with E-state index in [-0.39, 0.29) is 6.03 Å². The van der Waals surface area contributed by atoms with E-state index in [1.54, 1.807) is 0 Å². The molecule has 1 aliphatic rings. The third-order valence-electron chi connectivity index (χ3n) is 2.75. The monoisotopic (exact) mass is 330 g/mol. The van der Waals surface area contributed by atoms with E-state index in [1.807, 2.05) is 11.0 Å². The van der Waals surface area contributed by atoms with E-state index in [4.69, 9.17) is 0 Å². The second-order valence-electron chi connectivity index (χ2n) is 4.00. The van der Waals surface area contributed by atoms with Crippen LogP contribution in [0.3, 0.4) is 0 Å². The average molecular weight is 330 g/mol. The van der Waals surface area contributed by atoms with Gasteiger partial charge in [-0.3, -0.25) is 4.90 Å². The number of benzene rings is 1. The van der Waals surface area contributed by atoms with E-state index >= 15 is 0 Å². The maximum Gasteiger partial charge on any atom is 0.321 e. The van der Waals surface area contributed by atoms with Crippen molar-refractivity contribution in [3.05, 3.63) is 29.3 Å². The number of halogens is 1. The van der Waals surface area contributed by atoms with Gasteiger partial charge in [0.2, 0.25) is 0 Å². The number of hydrogen-bond acceptors (Lipinski definition) is 1. The van der Waals surface area contributed by atoms with Crippen LogP contribution in [-0.4, -0.2) is 19.1 Å². The van der Waals surface area contributed by atoms with Gasteiger partial charge in [-0.05, 0) is 25.0 Å². The summed E-state index contributed by atoms with van der Waals surface area (Å²) in [4.78, 5) is 13.6. The second-order valence-corrected chi connectivity index (χ2v) is 4.77. The summed E-state index contributed by atoms with van der Waals surface area (Å²) in [5.41, 5.74) is 3.53. The molecule has 0 saturated carbocycles. The first-order valence-electron chi connectivity index (χ1n) is 5.43. The Hall–Kier alpha value is -0.780. The summed E-state index contributed by atoms with van der Waals surface area (Å²) in [6.07, 6.45) is 1.01. The summed E-state index contributed by atoms with van der Waals surface area (Å²) >= 11 is 2.34. The van der Waals surface area contributed by atoms with Crippen LogP contribution in [0.4, 0.5) is 10.5 Å². The van der Waals surface area contributed by atoms with Crippen LogP contribution in [0, 0.1) is 6.92 Å². The fraction of sp³-hybridized carbons (Fsp3) is 0.417. The number of amides is 2. The summed E-state index contributed by atoms with van der Waals surface area (Å²) < 4.78 is 0.929. The summed E-state index contributed by atoms with van der Waals surface area (Å²) in [5, 5.41) is 2.88. The van der Waals surface area contributed by atoms with Gasteiger partial charge in [0.25, 0.3) is 0 Å². The first-order chi connectivity index (χ1) is 7.72. The molecule has 16 heavy (non-hydrogen) atoms. The lowest BCUT2D eigenvalue weighted by molar-refractivity contribution is 0.243. The van der Waals surface area contributed by atoms with Gasteiger partial charge in [0.05, 0.1) is 0 Å². The van der Waals surface area contributed by atoms with Crippen LogP contribution in [-0.2, 0) is 4.43 Å². The fourth-order valence-electron chi connectivity index (χ4n) is 1.94. The predicted octanol–water partition coefficient (Wildman–Crippen LogP) is 2.85. The molecule has 2 amide bonds. The van der Waals surface area contributed by atoms with Crippen molar-refractivity contribution in [1.29, 1.82) is 0 Å². The van der Waals surface area contributed by atoms with E-state index in [9.17, 15) is 4.79 Å². The van der Waals surface area contributed by atoms with Gasteiger partial charge in [0, 0.05) is 23.2 Å². The van der Waals surface area contributed by atoms with Crippen molar-refractivity contribution in [3.63, 3.8) is 0 Å². The zero-order chi connectivity index (χ0) is 11.5. The van der Waals surface area contributed by atoms with Gasteiger partial charge in [0.15, 0.2) is 0 Å². The molecule has 0 radical (unpaired) electrons. The van der Waals surface area contributed by atoms with Gasteiger partial charge >= 0.3 is 6.03 Å². The Morgan fingerprint density at radius 1 is 1.50 bits per heavy atom. The molecule has 0 spiro atoms. The molecule has 0 bridgehead atoms. The maximum atomic E-state index is 11.8. The van der Waals surface area contributed by atoms with E-state index in [0.717, 1.165) is 29.6 Å². The van der Waals surface area contributed by atoms with E-state index in [1.165, 1.54) is 11.1 Å². The highest BCUT2D eigenvalue weighted by Crippen LogP contribution is 2.25. The topological polar surface area (TPSA) is 32.3 Å². The standard InChI is InChI=1S/C12H15IN2O/c1-9-3-4-11(10(7-9)8-13)15-6-2-5-14-12(15)16/h3-4,7H,2,5-6,8H2,1H3,(H,14,16). The van der Waals surface area contributed by atoms with Crippen LogP contribution in [0.1, 0.15) is 17.5 Å². The lowest BCUT2D eigenvalue weighted by atomic mass is 10.1. The van der Waals surface area contributed by atoms with Crippen LogP contribution < -0.4 is 10.2 Å². The number of urea groups is 1. The molecule has 1 heterocycles. The molecule has 0 atom stereocenters. The lowest BCUT2D eigenvalue weighted by Crippen LogP contribution is -2.46. The molecule has 0 aromatic heterocycles. The SMILES string of the molecule is Cc1ccc(N2CCCNC2=O)c(CI)c1. The normalized spacial score (nSPS) is 16.1. The van der Waals surface area contributed by atoms with Crippen molar-refractivity contribution in [2.75, 3.05) is 18.0 Å². The number of carbonyl (C=O) groups is 1. The Balaban J connectivity index is 2.34. The smallest absolute Gasteiger partial charge is 0.321 e. The highest BCUT2D eigenvalue weighted by Gasteiger charge is 2.20. The zero-order valence-corrected chi connectivity index (χ0v) is 11.5. The lowest BCUT2D eigenvalue weighted by Gasteiger charge is -2.29. The number of aryl methyl sites for hydroxylation is 1. The predicted molar refractivity (Wildman–Crippen MR) is 74.3 cm³/mol. The minimum absolute atomic E-state index is 0.0289. The van der Waals surface area contributed by atoms with E-state index in [0.29, 0.717) is 0 Å². The molecule has 3 nitrogen and oxygen atoms in total. The van der Waals surface area contributed by atoms with Crippen molar-refractivity contribution in [2.24, 2.45) is 0 Å². The van der Waals surface area contributed by atoms with E-state index < -0.39 is 0 Å². The fourth-order valence-corrected chi connectivity index (χ4v) is 2.55. The highest BCUT2D eigenvalue weighted by molar-refractivity contribution is 14.1. The Bertz CT molecular complexity index is 406. The van der Waals surface area contributed by atoms with E-state index in [2.05, 4.69) is 47.0 Å². The van der Waals surface area contributed by atoms with Crippen LogP contribution >= 0.6 is 22.6 Å². The largest absolute Gasteiger partial charge is 0.338 e. The van der Waals surface area contributed by atoms with Crippen LogP contribution in [0.2, 0.25) is 0 Å². The Morgan fingerprint density at radius 2 is 2.31 bits per heavy atom. The van der Waals surface area contributed by atoms with Gasteiger partial charge in [-0.2, -0.15) is 0 Å². The molecular formula is C12H15IN2O. The second kappa shape index (κ2) is 5.03.